The fraction of sp³-hybridized carbons (Fsp3) is 0.667. The van der Waals surface area contributed by atoms with Crippen molar-refractivity contribution in [2.45, 2.75) is 50.4 Å². The minimum absolute atomic E-state index is 0.0574. The van der Waals surface area contributed by atoms with Crippen molar-refractivity contribution >= 4 is 47.5 Å². The molecular formula is C18H29N3O10S. The van der Waals surface area contributed by atoms with Crippen LogP contribution < -0.4 is 16.4 Å². The molecule has 2 amide bonds. The van der Waals surface area contributed by atoms with Gasteiger partial charge in [-0.05, 0) is 20.3 Å². The van der Waals surface area contributed by atoms with Crippen LogP contribution in [0.3, 0.4) is 0 Å². The molecule has 182 valence electrons. The summed E-state index contributed by atoms with van der Waals surface area (Å²) in [6.07, 6.45) is -0.820. The molecule has 0 fully saturated rings. The van der Waals surface area contributed by atoms with Gasteiger partial charge in [0.2, 0.25) is 11.8 Å². The highest BCUT2D eigenvalue weighted by molar-refractivity contribution is 8.00. The van der Waals surface area contributed by atoms with E-state index in [1.807, 2.05) is 0 Å². The largest absolute Gasteiger partial charge is 0.480 e. The number of amides is 2. The molecule has 3 atom stereocenters. The first kappa shape index (κ1) is 29.1. The van der Waals surface area contributed by atoms with Gasteiger partial charge in [0.15, 0.2) is 0 Å². The van der Waals surface area contributed by atoms with Crippen LogP contribution in [-0.2, 0) is 38.2 Å². The standard InChI is InChI=1S/C18H29N3O10S/c1-3-30-15(25)7-12(18(29)31-4-2)32-9-11(16(26)20-8-14(23)24)21-13(22)6-5-10(19)17(27)28/h10-12H,3-9,19H2,1-2H3,(H,20,26)(H,21,22)(H,23,24)(H,27,28)/t10-,11-,12+/m0/s1. The molecule has 0 saturated carbocycles. The third kappa shape index (κ3) is 12.7. The Kier molecular flexibility index (Phi) is 14.4. The molecule has 0 heterocycles. The summed E-state index contributed by atoms with van der Waals surface area (Å²) in [6, 6.07) is -2.54. The number of carboxylic acids is 2. The van der Waals surface area contributed by atoms with E-state index in [-0.39, 0.29) is 38.2 Å². The number of carboxylic acid groups (broad SMARTS) is 2. The number of thioether (sulfide) groups is 1. The summed E-state index contributed by atoms with van der Waals surface area (Å²) < 4.78 is 9.74. The van der Waals surface area contributed by atoms with E-state index in [2.05, 4.69) is 10.6 Å². The van der Waals surface area contributed by atoms with Gasteiger partial charge in [0.05, 0.1) is 19.6 Å². The maximum Gasteiger partial charge on any atom is 0.322 e. The average molecular weight is 480 g/mol. The molecule has 14 heteroatoms. The second-order valence-corrected chi connectivity index (χ2v) is 7.53. The summed E-state index contributed by atoms with van der Waals surface area (Å²) in [7, 11) is 0. The SMILES string of the molecule is CCOC(=O)C[C@@H](SC[C@H](NC(=O)CC[C@H](N)C(=O)O)C(=O)NCC(=O)O)C(=O)OCC. The molecule has 0 aromatic heterocycles. The predicted octanol–water partition coefficient (Wildman–Crippen LogP) is -1.52. The fourth-order valence-electron chi connectivity index (χ4n) is 2.17. The number of hydrogen-bond acceptors (Lipinski definition) is 10. The van der Waals surface area contributed by atoms with Crippen molar-refractivity contribution in [3.05, 3.63) is 0 Å². The van der Waals surface area contributed by atoms with Gasteiger partial charge in [0.25, 0.3) is 0 Å². The van der Waals surface area contributed by atoms with Gasteiger partial charge in [0.1, 0.15) is 23.9 Å². The molecule has 13 nitrogen and oxygen atoms in total. The van der Waals surface area contributed by atoms with Crippen LogP contribution >= 0.6 is 11.8 Å². The molecule has 0 bridgehead atoms. The van der Waals surface area contributed by atoms with Gasteiger partial charge in [-0.15, -0.1) is 11.8 Å². The molecule has 32 heavy (non-hydrogen) atoms. The van der Waals surface area contributed by atoms with Gasteiger partial charge in [-0.2, -0.15) is 0 Å². The number of rotatable bonds is 16. The highest BCUT2D eigenvalue weighted by Gasteiger charge is 2.29. The molecular weight excluding hydrogens is 450 g/mol. The Morgan fingerprint density at radius 3 is 2.19 bits per heavy atom. The first-order valence-corrected chi connectivity index (χ1v) is 10.8. The third-order valence-corrected chi connectivity index (χ3v) is 5.02. The highest BCUT2D eigenvalue weighted by Crippen LogP contribution is 2.19. The molecule has 0 aromatic rings. The van der Waals surface area contributed by atoms with Crippen LogP contribution in [0.15, 0.2) is 0 Å². The van der Waals surface area contributed by atoms with E-state index in [1.165, 1.54) is 0 Å². The summed E-state index contributed by atoms with van der Waals surface area (Å²) >= 11 is 0.849. The molecule has 0 spiro atoms. The van der Waals surface area contributed by atoms with Gasteiger partial charge >= 0.3 is 23.9 Å². The van der Waals surface area contributed by atoms with E-state index >= 15 is 0 Å². The summed E-state index contributed by atoms with van der Waals surface area (Å²) in [4.78, 5) is 69.9. The Hall–Kier alpha value is -2.87. The topological polar surface area (TPSA) is 211 Å². The molecule has 0 aromatic carbocycles. The Morgan fingerprint density at radius 1 is 1.03 bits per heavy atom. The summed E-state index contributed by atoms with van der Waals surface area (Å²) in [6.45, 7) is 2.63. The molecule has 0 saturated heterocycles. The van der Waals surface area contributed by atoms with E-state index in [0.717, 1.165) is 11.8 Å². The zero-order valence-electron chi connectivity index (χ0n) is 17.8. The van der Waals surface area contributed by atoms with E-state index in [1.54, 1.807) is 13.8 Å². The minimum Gasteiger partial charge on any atom is -0.480 e. The predicted molar refractivity (Wildman–Crippen MR) is 112 cm³/mol. The maximum absolute atomic E-state index is 12.3. The first-order chi connectivity index (χ1) is 15.0. The second kappa shape index (κ2) is 15.9. The van der Waals surface area contributed by atoms with E-state index in [0.29, 0.717) is 0 Å². The zero-order chi connectivity index (χ0) is 24.7. The zero-order valence-corrected chi connectivity index (χ0v) is 18.6. The summed E-state index contributed by atoms with van der Waals surface area (Å²) in [5.41, 5.74) is 5.34. The lowest BCUT2D eigenvalue weighted by Crippen LogP contribution is -2.50. The number of carbonyl (C=O) groups excluding carboxylic acids is 4. The fourth-order valence-corrected chi connectivity index (χ4v) is 3.29. The molecule has 0 rings (SSSR count). The molecule has 6 N–H and O–H groups in total. The van der Waals surface area contributed by atoms with Crippen LogP contribution in [0.1, 0.15) is 33.1 Å². The smallest absolute Gasteiger partial charge is 0.322 e. The van der Waals surface area contributed by atoms with Crippen LogP contribution in [-0.4, -0.2) is 88.7 Å². The number of esters is 2. The van der Waals surface area contributed by atoms with E-state index in [4.69, 9.17) is 25.4 Å². The van der Waals surface area contributed by atoms with Crippen LogP contribution in [0.2, 0.25) is 0 Å². The van der Waals surface area contributed by atoms with Crippen molar-refractivity contribution in [3.8, 4) is 0 Å². The number of carbonyl (C=O) groups is 6. The second-order valence-electron chi connectivity index (χ2n) is 6.30. The monoisotopic (exact) mass is 479 g/mol. The number of nitrogens with one attached hydrogen (secondary N) is 2. The summed E-state index contributed by atoms with van der Waals surface area (Å²) in [5, 5.41) is 21.0. The van der Waals surface area contributed by atoms with Crippen LogP contribution in [0.5, 0.6) is 0 Å². The Labute approximate surface area is 188 Å². The van der Waals surface area contributed by atoms with Crippen molar-refractivity contribution in [1.29, 1.82) is 0 Å². The quantitative estimate of drug-likeness (QED) is 0.160. The van der Waals surface area contributed by atoms with Gasteiger partial charge in [0, 0.05) is 12.2 Å². The summed E-state index contributed by atoms with van der Waals surface area (Å²) in [5.74, 6) is -5.71. The van der Waals surface area contributed by atoms with Crippen molar-refractivity contribution in [2.75, 3.05) is 25.5 Å². The average Bonchev–Trinajstić information content (AvgIpc) is 2.72. The molecule has 0 aliphatic heterocycles. The Bertz CT molecular complexity index is 688. The minimum atomic E-state index is -1.31. The maximum atomic E-state index is 12.3. The normalized spacial score (nSPS) is 13.2. The third-order valence-electron chi connectivity index (χ3n) is 3.74. The van der Waals surface area contributed by atoms with E-state index < -0.39 is 59.6 Å². The van der Waals surface area contributed by atoms with Crippen LogP contribution in [0.4, 0.5) is 0 Å². The lowest BCUT2D eigenvalue weighted by molar-refractivity contribution is -0.149. The first-order valence-electron chi connectivity index (χ1n) is 9.72. The van der Waals surface area contributed by atoms with Crippen molar-refractivity contribution in [3.63, 3.8) is 0 Å². The van der Waals surface area contributed by atoms with Crippen molar-refractivity contribution in [2.24, 2.45) is 5.73 Å². The molecule has 0 aliphatic carbocycles. The highest BCUT2D eigenvalue weighted by atomic mass is 32.2. The van der Waals surface area contributed by atoms with Gasteiger partial charge in [-0.25, -0.2) is 0 Å². The van der Waals surface area contributed by atoms with Gasteiger partial charge in [-0.3, -0.25) is 28.8 Å². The molecule has 0 radical (unpaired) electrons. The Balaban J connectivity index is 5.23. The van der Waals surface area contributed by atoms with E-state index in [9.17, 15) is 28.8 Å². The van der Waals surface area contributed by atoms with Crippen LogP contribution in [0, 0.1) is 0 Å². The molecule has 0 unspecified atom stereocenters. The number of hydrogen-bond donors (Lipinski definition) is 5. The lowest BCUT2D eigenvalue weighted by Gasteiger charge is -2.21. The van der Waals surface area contributed by atoms with Gasteiger partial charge in [-0.1, -0.05) is 0 Å². The van der Waals surface area contributed by atoms with Crippen molar-refractivity contribution in [1.82, 2.24) is 10.6 Å². The lowest BCUT2D eigenvalue weighted by atomic mass is 10.1. The number of nitrogens with two attached hydrogens (primary N) is 1. The number of aliphatic carboxylic acids is 2. The number of ether oxygens (including phenoxy) is 2. The molecule has 0 aliphatic rings. The van der Waals surface area contributed by atoms with Crippen LogP contribution in [0.25, 0.3) is 0 Å². The van der Waals surface area contributed by atoms with Crippen molar-refractivity contribution < 1.29 is 48.5 Å². The van der Waals surface area contributed by atoms with Gasteiger partial charge < -0.3 is 36.1 Å². The Morgan fingerprint density at radius 2 is 1.66 bits per heavy atom.